The van der Waals surface area contributed by atoms with E-state index in [2.05, 4.69) is 10.3 Å². The molecule has 0 aromatic carbocycles. The van der Waals surface area contributed by atoms with E-state index in [1.165, 1.54) is 4.31 Å². The van der Waals surface area contributed by atoms with Crippen LogP contribution in [0.25, 0.3) is 0 Å². The van der Waals surface area contributed by atoms with Gasteiger partial charge in [0.25, 0.3) is 0 Å². The Balaban J connectivity index is 2.12. The van der Waals surface area contributed by atoms with E-state index in [1.54, 1.807) is 12.1 Å². The molecule has 1 saturated heterocycles. The van der Waals surface area contributed by atoms with Gasteiger partial charge in [0.2, 0.25) is 15.9 Å². The Morgan fingerprint density at radius 3 is 2.84 bits per heavy atom. The Hall–Kier alpha value is -1.47. The molecule has 2 heterocycles. The van der Waals surface area contributed by atoms with Crippen LogP contribution in [-0.4, -0.2) is 42.5 Å². The molecule has 0 radical (unpaired) electrons. The monoisotopic (exact) mass is 283 g/mol. The molecule has 1 atom stereocenters. The lowest BCUT2D eigenvalue weighted by atomic mass is 10.2. The average molecular weight is 283 g/mol. The van der Waals surface area contributed by atoms with E-state index in [0.29, 0.717) is 25.2 Å². The van der Waals surface area contributed by atoms with Gasteiger partial charge in [0, 0.05) is 12.2 Å². The molecule has 1 amide bonds. The van der Waals surface area contributed by atoms with Crippen molar-refractivity contribution in [3.05, 3.63) is 23.9 Å². The molecule has 0 aliphatic carbocycles. The zero-order valence-electron chi connectivity index (χ0n) is 11.0. The highest BCUT2D eigenvalue weighted by Gasteiger charge is 2.36. The standard InChI is InChI=1S/C12H17N3O3S/c1-9-5-3-7-11(13-9)14-12(16)10-6-4-8-15(10)19(2,17)18/h3,5,7,10H,4,6,8H2,1-2H3,(H,13,14,16)/t10-/m1/s1. The van der Waals surface area contributed by atoms with E-state index in [-0.39, 0.29) is 5.91 Å². The van der Waals surface area contributed by atoms with Crippen LogP contribution < -0.4 is 5.32 Å². The zero-order chi connectivity index (χ0) is 14.0. The number of aryl methyl sites for hydroxylation is 1. The minimum atomic E-state index is -3.35. The van der Waals surface area contributed by atoms with Gasteiger partial charge in [-0.1, -0.05) is 6.07 Å². The van der Waals surface area contributed by atoms with Crippen molar-refractivity contribution in [2.24, 2.45) is 0 Å². The van der Waals surface area contributed by atoms with Gasteiger partial charge in [-0.05, 0) is 31.9 Å². The van der Waals surface area contributed by atoms with Gasteiger partial charge >= 0.3 is 0 Å². The Bertz CT molecular complexity index is 586. The number of hydrogen-bond donors (Lipinski definition) is 1. The first-order valence-electron chi connectivity index (χ1n) is 6.09. The van der Waals surface area contributed by atoms with E-state index in [0.717, 1.165) is 11.9 Å². The summed E-state index contributed by atoms with van der Waals surface area (Å²) in [5.74, 6) is 0.131. The second-order valence-electron chi connectivity index (χ2n) is 4.69. The lowest BCUT2D eigenvalue weighted by molar-refractivity contribution is -0.119. The van der Waals surface area contributed by atoms with Crippen LogP contribution >= 0.6 is 0 Å². The number of hydrogen-bond acceptors (Lipinski definition) is 4. The van der Waals surface area contributed by atoms with Gasteiger partial charge in [0.05, 0.1) is 6.26 Å². The maximum Gasteiger partial charge on any atom is 0.243 e. The largest absolute Gasteiger partial charge is 0.309 e. The minimum Gasteiger partial charge on any atom is -0.309 e. The molecule has 0 saturated carbocycles. The fraction of sp³-hybridized carbons (Fsp3) is 0.500. The quantitative estimate of drug-likeness (QED) is 0.888. The topological polar surface area (TPSA) is 79.4 Å². The molecule has 19 heavy (non-hydrogen) atoms. The van der Waals surface area contributed by atoms with Crippen LogP contribution in [0.5, 0.6) is 0 Å². The fourth-order valence-corrected chi connectivity index (χ4v) is 3.35. The summed E-state index contributed by atoms with van der Waals surface area (Å²) < 4.78 is 24.4. The number of nitrogens with one attached hydrogen (secondary N) is 1. The number of amides is 1. The predicted octanol–water partition coefficient (Wildman–Crippen LogP) is 0.753. The van der Waals surface area contributed by atoms with E-state index in [1.807, 2.05) is 13.0 Å². The molecule has 0 bridgehead atoms. The third-order valence-electron chi connectivity index (χ3n) is 3.07. The van der Waals surface area contributed by atoms with Gasteiger partial charge in [-0.3, -0.25) is 4.79 Å². The second kappa shape index (κ2) is 5.26. The summed E-state index contributed by atoms with van der Waals surface area (Å²) in [6.07, 6.45) is 2.38. The van der Waals surface area contributed by atoms with Crippen LogP contribution in [0.2, 0.25) is 0 Å². The van der Waals surface area contributed by atoms with Crippen molar-refractivity contribution in [1.82, 2.24) is 9.29 Å². The predicted molar refractivity (Wildman–Crippen MR) is 72.2 cm³/mol. The van der Waals surface area contributed by atoms with Crippen LogP contribution in [0.15, 0.2) is 18.2 Å². The van der Waals surface area contributed by atoms with Crippen LogP contribution in [0, 0.1) is 6.92 Å². The lowest BCUT2D eigenvalue weighted by Crippen LogP contribution is -2.42. The number of aromatic nitrogens is 1. The SMILES string of the molecule is Cc1cccc(NC(=O)[C@H]2CCCN2S(C)(=O)=O)n1. The Morgan fingerprint density at radius 2 is 2.21 bits per heavy atom. The van der Waals surface area contributed by atoms with Crippen LogP contribution in [-0.2, 0) is 14.8 Å². The summed E-state index contributed by atoms with van der Waals surface area (Å²) in [5, 5.41) is 2.67. The number of carbonyl (C=O) groups is 1. The summed E-state index contributed by atoms with van der Waals surface area (Å²) in [7, 11) is -3.35. The Kier molecular flexibility index (Phi) is 3.86. The first kappa shape index (κ1) is 14.0. The normalized spacial score (nSPS) is 20.4. The van der Waals surface area contributed by atoms with E-state index < -0.39 is 16.1 Å². The second-order valence-corrected chi connectivity index (χ2v) is 6.62. The number of nitrogens with zero attached hydrogens (tertiary/aromatic N) is 2. The summed E-state index contributed by atoms with van der Waals surface area (Å²) >= 11 is 0. The molecule has 1 aliphatic heterocycles. The lowest BCUT2D eigenvalue weighted by Gasteiger charge is -2.21. The van der Waals surface area contributed by atoms with Crippen molar-refractivity contribution in [1.29, 1.82) is 0 Å². The number of anilines is 1. The highest BCUT2D eigenvalue weighted by Crippen LogP contribution is 2.21. The summed E-state index contributed by atoms with van der Waals surface area (Å²) in [6.45, 7) is 2.23. The fourth-order valence-electron chi connectivity index (χ4n) is 2.22. The Labute approximate surface area is 112 Å². The molecule has 1 aromatic rings. The molecule has 104 valence electrons. The first-order valence-corrected chi connectivity index (χ1v) is 7.94. The molecule has 6 nitrogen and oxygen atoms in total. The van der Waals surface area contributed by atoms with Gasteiger partial charge in [-0.15, -0.1) is 0 Å². The van der Waals surface area contributed by atoms with Crippen molar-refractivity contribution in [3.63, 3.8) is 0 Å². The molecule has 7 heteroatoms. The molecule has 2 rings (SSSR count). The highest BCUT2D eigenvalue weighted by atomic mass is 32.2. The van der Waals surface area contributed by atoms with Crippen LogP contribution in [0.1, 0.15) is 18.5 Å². The molecule has 1 aromatic heterocycles. The van der Waals surface area contributed by atoms with Crippen molar-refractivity contribution < 1.29 is 13.2 Å². The molecule has 0 spiro atoms. The van der Waals surface area contributed by atoms with Crippen molar-refractivity contribution in [3.8, 4) is 0 Å². The third kappa shape index (κ3) is 3.30. The van der Waals surface area contributed by atoms with Crippen LogP contribution in [0.3, 0.4) is 0 Å². The highest BCUT2D eigenvalue weighted by molar-refractivity contribution is 7.88. The molecule has 1 aliphatic rings. The van der Waals surface area contributed by atoms with Crippen molar-refractivity contribution in [2.45, 2.75) is 25.8 Å². The number of rotatable bonds is 3. The first-order chi connectivity index (χ1) is 8.88. The smallest absolute Gasteiger partial charge is 0.243 e. The molecule has 1 N–H and O–H groups in total. The molecule has 0 unspecified atom stereocenters. The maximum absolute atomic E-state index is 12.1. The number of sulfonamides is 1. The minimum absolute atomic E-state index is 0.318. The molecular formula is C12H17N3O3S. The molecular weight excluding hydrogens is 266 g/mol. The van der Waals surface area contributed by atoms with Crippen LogP contribution in [0.4, 0.5) is 5.82 Å². The molecule has 1 fully saturated rings. The van der Waals surface area contributed by atoms with E-state index in [9.17, 15) is 13.2 Å². The number of carbonyl (C=O) groups excluding carboxylic acids is 1. The average Bonchev–Trinajstić information content (AvgIpc) is 2.77. The van der Waals surface area contributed by atoms with Gasteiger partial charge in [-0.25, -0.2) is 13.4 Å². The number of pyridine rings is 1. The zero-order valence-corrected chi connectivity index (χ0v) is 11.8. The van der Waals surface area contributed by atoms with Gasteiger partial charge in [0.15, 0.2) is 0 Å². The summed E-state index contributed by atoms with van der Waals surface area (Å²) in [5.41, 5.74) is 0.796. The van der Waals surface area contributed by atoms with E-state index >= 15 is 0 Å². The van der Waals surface area contributed by atoms with Gasteiger partial charge in [-0.2, -0.15) is 4.31 Å². The Morgan fingerprint density at radius 1 is 1.47 bits per heavy atom. The third-order valence-corrected chi connectivity index (χ3v) is 4.36. The van der Waals surface area contributed by atoms with Gasteiger partial charge in [0.1, 0.15) is 11.9 Å². The summed E-state index contributed by atoms with van der Waals surface area (Å²) in [4.78, 5) is 16.3. The van der Waals surface area contributed by atoms with Gasteiger partial charge < -0.3 is 5.32 Å². The maximum atomic E-state index is 12.1. The van der Waals surface area contributed by atoms with Crippen molar-refractivity contribution in [2.75, 3.05) is 18.1 Å². The van der Waals surface area contributed by atoms with E-state index in [4.69, 9.17) is 0 Å². The van der Waals surface area contributed by atoms with Crippen molar-refractivity contribution >= 4 is 21.7 Å². The summed E-state index contributed by atoms with van der Waals surface area (Å²) in [6, 6.07) is 4.68.